The van der Waals surface area contributed by atoms with E-state index in [-0.39, 0.29) is 5.92 Å². The molecule has 6 heteroatoms. The van der Waals surface area contributed by atoms with Crippen LogP contribution < -0.4 is 0 Å². The van der Waals surface area contributed by atoms with Gasteiger partial charge in [-0.05, 0) is 30.7 Å². The minimum Gasteiger partial charge on any atom is -0.467 e. The monoisotopic (exact) mass is 554 g/mol. The molecule has 216 valence electrons. The van der Waals surface area contributed by atoms with Crippen LogP contribution in [-0.4, -0.2) is 45.6 Å². The Labute approximate surface area is 237 Å². The quantitative estimate of drug-likeness (QED) is 0.125. The Balaban J connectivity index is 1.49. The lowest BCUT2D eigenvalue weighted by molar-refractivity contribution is -0.153. The summed E-state index contributed by atoms with van der Waals surface area (Å²) >= 11 is 0. The van der Waals surface area contributed by atoms with E-state index in [4.69, 9.17) is 14.2 Å². The molecule has 0 spiro atoms. The standard InChI is InChI=1S/C33H50O5Si/c1-36-32(35)31(34)28(15-11-8-6-5-7-9-14-26-39(2,3)4)21-18-27-19-22-30(23-20-27)33(37-24-25-38-33)29-16-12-10-13-17-29/h10,12-13,16-17,19-20,22-23,28,31,34H,5-9,11,14-15,18,21,24-26H2,1-4H3. The number of rotatable bonds is 17. The number of unbranched alkanes of at least 4 members (excludes halogenated alkanes) is 6. The molecule has 39 heavy (non-hydrogen) atoms. The molecule has 1 saturated heterocycles. The van der Waals surface area contributed by atoms with Crippen LogP contribution in [0.5, 0.6) is 0 Å². The summed E-state index contributed by atoms with van der Waals surface area (Å²) in [6, 6.07) is 19.8. The Morgan fingerprint density at radius 3 is 2.00 bits per heavy atom. The molecule has 0 bridgehead atoms. The highest BCUT2D eigenvalue weighted by Crippen LogP contribution is 2.38. The van der Waals surface area contributed by atoms with E-state index in [2.05, 4.69) is 43.9 Å². The van der Waals surface area contributed by atoms with E-state index >= 15 is 0 Å². The van der Waals surface area contributed by atoms with E-state index < -0.39 is 25.9 Å². The van der Waals surface area contributed by atoms with Gasteiger partial charge < -0.3 is 19.3 Å². The number of aryl methyl sites for hydroxylation is 1. The molecule has 0 aromatic heterocycles. The predicted molar refractivity (Wildman–Crippen MR) is 160 cm³/mol. The fraction of sp³-hybridized carbons (Fsp3) is 0.606. The van der Waals surface area contributed by atoms with Crippen LogP contribution in [0.25, 0.3) is 0 Å². The number of carbonyl (C=O) groups excluding carboxylic acids is 1. The maximum absolute atomic E-state index is 12.1. The molecular formula is C33H50O5Si. The van der Waals surface area contributed by atoms with Gasteiger partial charge in [0.25, 0.3) is 0 Å². The molecule has 2 aromatic carbocycles. The summed E-state index contributed by atoms with van der Waals surface area (Å²) in [7, 11) is 0.440. The van der Waals surface area contributed by atoms with Crippen molar-refractivity contribution in [1.82, 2.24) is 0 Å². The van der Waals surface area contributed by atoms with Crippen LogP contribution in [0.3, 0.4) is 0 Å². The van der Waals surface area contributed by atoms with Gasteiger partial charge in [-0.1, -0.05) is 125 Å². The largest absolute Gasteiger partial charge is 0.467 e. The first-order valence-electron chi connectivity index (χ1n) is 14.9. The predicted octanol–water partition coefficient (Wildman–Crippen LogP) is 7.48. The maximum Gasteiger partial charge on any atom is 0.334 e. The topological polar surface area (TPSA) is 65.0 Å². The Morgan fingerprint density at radius 1 is 0.846 bits per heavy atom. The molecule has 0 radical (unpaired) electrons. The third-order valence-electron chi connectivity index (χ3n) is 7.88. The van der Waals surface area contributed by atoms with Gasteiger partial charge >= 0.3 is 5.97 Å². The van der Waals surface area contributed by atoms with E-state index in [0.717, 1.165) is 43.2 Å². The first kappa shape index (κ1) is 31.5. The Hall–Kier alpha value is -1.99. The fourth-order valence-corrected chi connectivity index (χ4v) is 6.84. The average molecular weight is 555 g/mol. The Bertz CT molecular complexity index is 964. The summed E-state index contributed by atoms with van der Waals surface area (Å²) in [4.78, 5) is 12.1. The summed E-state index contributed by atoms with van der Waals surface area (Å²) in [5.74, 6) is -1.50. The number of ether oxygens (including phenoxy) is 3. The zero-order chi connectivity index (χ0) is 28.1. The van der Waals surface area contributed by atoms with E-state index in [1.807, 2.05) is 30.3 Å². The molecule has 0 amide bonds. The zero-order valence-corrected chi connectivity index (χ0v) is 25.6. The van der Waals surface area contributed by atoms with Gasteiger partial charge in [-0.25, -0.2) is 4.79 Å². The molecule has 1 heterocycles. The van der Waals surface area contributed by atoms with Crippen LogP contribution in [0.15, 0.2) is 54.6 Å². The lowest BCUT2D eigenvalue weighted by Crippen LogP contribution is -2.31. The maximum atomic E-state index is 12.1. The molecule has 1 N–H and O–H groups in total. The van der Waals surface area contributed by atoms with Gasteiger partial charge in [-0.15, -0.1) is 0 Å². The molecule has 1 aliphatic heterocycles. The first-order chi connectivity index (χ1) is 18.7. The minimum absolute atomic E-state index is 0.106. The molecule has 0 saturated carbocycles. The summed E-state index contributed by atoms with van der Waals surface area (Å²) in [5.41, 5.74) is 3.13. The molecule has 1 aliphatic rings. The molecule has 2 atom stereocenters. The Morgan fingerprint density at radius 2 is 1.41 bits per heavy atom. The molecule has 5 nitrogen and oxygen atoms in total. The van der Waals surface area contributed by atoms with Crippen LogP contribution in [0.4, 0.5) is 0 Å². The highest BCUT2D eigenvalue weighted by Gasteiger charge is 2.40. The van der Waals surface area contributed by atoms with Crippen molar-refractivity contribution in [3.8, 4) is 0 Å². The molecule has 1 fully saturated rings. The van der Waals surface area contributed by atoms with Crippen molar-refractivity contribution in [3.05, 3.63) is 71.3 Å². The van der Waals surface area contributed by atoms with Gasteiger partial charge in [0.1, 0.15) is 0 Å². The molecule has 3 rings (SSSR count). The third-order valence-corrected chi connectivity index (χ3v) is 9.73. The number of benzene rings is 2. The number of carbonyl (C=O) groups is 1. The first-order valence-corrected chi connectivity index (χ1v) is 18.6. The lowest BCUT2D eigenvalue weighted by Gasteiger charge is -2.28. The highest BCUT2D eigenvalue weighted by atomic mass is 28.3. The van der Waals surface area contributed by atoms with E-state index in [1.54, 1.807) is 0 Å². The summed E-state index contributed by atoms with van der Waals surface area (Å²) in [5, 5.41) is 10.7. The molecule has 2 aromatic rings. The zero-order valence-electron chi connectivity index (χ0n) is 24.6. The fourth-order valence-electron chi connectivity index (χ4n) is 5.53. The van der Waals surface area contributed by atoms with Gasteiger partial charge in [0.15, 0.2) is 6.10 Å². The highest BCUT2D eigenvalue weighted by molar-refractivity contribution is 6.76. The SMILES string of the molecule is COC(=O)C(O)C(CCCCCCCCC[Si](C)(C)C)CCc1ccc(C2(c3ccccc3)OCCO2)cc1. The smallest absolute Gasteiger partial charge is 0.334 e. The lowest BCUT2D eigenvalue weighted by atomic mass is 9.88. The van der Waals surface area contributed by atoms with Crippen LogP contribution in [0.1, 0.15) is 74.5 Å². The van der Waals surface area contributed by atoms with Crippen molar-refractivity contribution in [2.45, 2.75) is 102 Å². The number of aliphatic hydroxyl groups excluding tert-OH is 1. The van der Waals surface area contributed by atoms with Gasteiger partial charge in [0.05, 0.1) is 20.3 Å². The van der Waals surface area contributed by atoms with Crippen molar-refractivity contribution >= 4 is 14.0 Å². The van der Waals surface area contributed by atoms with Crippen molar-refractivity contribution in [3.63, 3.8) is 0 Å². The normalized spacial score (nSPS) is 16.6. The van der Waals surface area contributed by atoms with E-state index in [9.17, 15) is 9.90 Å². The second kappa shape index (κ2) is 15.7. The number of methoxy groups -OCH3 is 1. The summed E-state index contributed by atoms with van der Waals surface area (Å²) in [6.45, 7) is 8.46. The number of hydrogen-bond acceptors (Lipinski definition) is 5. The van der Waals surface area contributed by atoms with Gasteiger partial charge in [-0.3, -0.25) is 0 Å². The minimum atomic E-state index is -1.07. The van der Waals surface area contributed by atoms with Gasteiger partial charge in [0, 0.05) is 19.2 Å². The van der Waals surface area contributed by atoms with Gasteiger partial charge in [0.2, 0.25) is 5.79 Å². The van der Waals surface area contributed by atoms with Crippen molar-refractivity contribution < 1.29 is 24.1 Å². The summed E-state index contributed by atoms with van der Waals surface area (Å²) < 4.78 is 17.1. The van der Waals surface area contributed by atoms with Crippen LogP contribution in [0, 0.1) is 5.92 Å². The van der Waals surface area contributed by atoms with Gasteiger partial charge in [-0.2, -0.15) is 0 Å². The molecular weight excluding hydrogens is 504 g/mol. The van der Waals surface area contributed by atoms with Crippen LogP contribution >= 0.6 is 0 Å². The van der Waals surface area contributed by atoms with Crippen molar-refractivity contribution in [2.24, 2.45) is 5.92 Å². The van der Waals surface area contributed by atoms with Crippen molar-refractivity contribution in [2.75, 3.05) is 20.3 Å². The van der Waals surface area contributed by atoms with Crippen molar-refractivity contribution in [1.29, 1.82) is 0 Å². The second-order valence-corrected chi connectivity index (χ2v) is 17.8. The second-order valence-electron chi connectivity index (χ2n) is 12.2. The number of esters is 1. The van der Waals surface area contributed by atoms with Crippen LogP contribution in [0.2, 0.25) is 25.7 Å². The number of aliphatic hydroxyl groups is 1. The molecule has 2 unspecified atom stereocenters. The summed E-state index contributed by atoms with van der Waals surface area (Å²) in [6.07, 6.45) is 10.0. The van der Waals surface area contributed by atoms with Crippen LogP contribution in [-0.2, 0) is 31.2 Å². The number of hydrogen-bond donors (Lipinski definition) is 1. The van der Waals surface area contributed by atoms with E-state index in [1.165, 1.54) is 50.8 Å². The third kappa shape index (κ3) is 9.85. The molecule has 0 aliphatic carbocycles. The average Bonchev–Trinajstić information content (AvgIpc) is 3.44. The Kier molecular flexibility index (Phi) is 12.7. The van der Waals surface area contributed by atoms with E-state index in [0.29, 0.717) is 13.2 Å².